The van der Waals surface area contributed by atoms with Crippen LogP contribution in [0.1, 0.15) is 65.8 Å². The molecule has 2 rings (SSSR count). The van der Waals surface area contributed by atoms with Crippen molar-refractivity contribution in [1.82, 2.24) is 4.90 Å². The maximum Gasteiger partial charge on any atom is 0.335 e. The van der Waals surface area contributed by atoms with E-state index in [2.05, 4.69) is 0 Å². The first kappa shape index (κ1) is 22.8. The van der Waals surface area contributed by atoms with Crippen molar-refractivity contribution in [2.75, 3.05) is 13.1 Å². The SMILES string of the molecule is CCN(CC)C(O)(CCCCCc1ccccc1C(=O)O)C(=O)c1ccccc1. The van der Waals surface area contributed by atoms with E-state index in [-0.39, 0.29) is 5.78 Å². The zero-order valence-corrected chi connectivity index (χ0v) is 17.3. The number of likely N-dealkylation sites (N-methyl/N-ethyl adjacent to an activating group) is 1. The third kappa shape index (κ3) is 5.75. The molecule has 0 heterocycles. The second-order valence-corrected chi connectivity index (χ2v) is 7.21. The molecule has 0 radical (unpaired) electrons. The van der Waals surface area contributed by atoms with Gasteiger partial charge in [-0.15, -0.1) is 0 Å². The number of carbonyl (C=O) groups excluding carboxylic acids is 1. The molecule has 29 heavy (non-hydrogen) atoms. The molecule has 156 valence electrons. The number of unbranched alkanes of at least 4 members (excludes halogenated alkanes) is 2. The Morgan fingerprint density at radius 1 is 0.897 bits per heavy atom. The standard InChI is InChI=1S/C24H31NO4/c1-3-25(4-2)24(29,22(26)20-15-7-5-8-16-20)18-12-6-9-13-19-14-10-11-17-21(19)23(27)28/h5,7-8,10-11,14-17,29H,3-4,6,9,12-13,18H2,1-2H3,(H,27,28). The number of aliphatic hydroxyl groups is 1. The number of carboxylic acids is 1. The van der Waals surface area contributed by atoms with E-state index in [9.17, 15) is 19.8 Å². The molecular weight excluding hydrogens is 366 g/mol. The van der Waals surface area contributed by atoms with Crippen LogP contribution in [-0.2, 0) is 6.42 Å². The molecule has 5 nitrogen and oxygen atoms in total. The molecule has 2 N–H and O–H groups in total. The van der Waals surface area contributed by atoms with Crippen molar-refractivity contribution < 1.29 is 19.8 Å². The smallest absolute Gasteiger partial charge is 0.335 e. The predicted molar refractivity (Wildman–Crippen MR) is 114 cm³/mol. The molecule has 0 saturated heterocycles. The Hall–Kier alpha value is -2.50. The Balaban J connectivity index is 2.00. The van der Waals surface area contributed by atoms with Crippen molar-refractivity contribution in [2.24, 2.45) is 0 Å². The maximum atomic E-state index is 13.1. The molecule has 0 aromatic heterocycles. The summed E-state index contributed by atoms with van der Waals surface area (Å²) in [6.45, 7) is 5.04. The van der Waals surface area contributed by atoms with E-state index in [4.69, 9.17) is 0 Å². The zero-order chi connectivity index (χ0) is 21.3. The normalized spacial score (nSPS) is 13.2. The van der Waals surface area contributed by atoms with E-state index >= 15 is 0 Å². The van der Waals surface area contributed by atoms with Gasteiger partial charge in [-0.05, 0) is 50.4 Å². The molecule has 2 aromatic carbocycles. The predicted octanol–water partition coefficient (Wildman–Crippen LogP) is 4.40. The van der Waals surface area contributed by atoms with Crippen LogP contribution in [-0.4, -0.2) is 45.7 Å². The molecule has 1 atom stereocenters. The third-order valence-electron chi connectivity index (χ3n) is 5.41. The molecule has 0 amide bonds. The molecule has 0 aliphatic rings. The molecule has 0 aliphatic carbocycles. The Morgan fingerprint density at radius 2 is 1.52 bits per heavy atom. The third-order valence-corrected chi connectivity index (χ3v) is 5.41. The minimum absolute atomic E-state index is 0.266. The maximum absolute atomic E-state index is 13.1. The molecule has 0 saturated carbocycles. The fourth-order valence-corrected chi connectivity index (χ4v) is 3.79. The number of rotatable bonds is 12. The van der Waals surface area contributed by atoms with Gasteiger partial charge in [0, 0.05) is 5.56 Å². The fourth-order valence-electron chi connectivity index (χ4n) is 3.79. The molecule has 0 aliphatic heterocycles. The molecule has 0 bridgehead atoms. The Morgan fingerprint density at radius 3 is 2.14 bits per heavy atom. The van der Waals surface area contributed by atoms with Gasteiger partial charge in [0.1, 0.15) is 0 Å². The molecule has 2 aromatic rings. The van der Waals surface area contributed by atoms with Gasteiger partial charge in [0.25, 0.3) is 0 Å². The second kappa shape index (κ2) is 10.9. The Bertz CT molecular complexity index is 802. The highest BCUT2D eigenvalue weighted by Gasteiger charge is 2.40. The Kier molecular flexibility index (Phi) is 8.55. The quantitative estimate of drug-likeness (QED) is 0.315. The number of Topliss-reactive ketones (excluding diaryl/α,β-unsaturated/α-hetero) is 1. The zero-order valence-electron chi connectivity index (χ0n) is 17.3. The van der Waals surface area contributed by atoms with Crippen LogP contribution < -0.4 is 0 Å². The summed E-state index contributed by atoms with van der Waals surface area (Å²) in [5.74, 6) is -1.18. The van der Waals surface area contributed by atoms with E-state index in [0.717, 1.165) is 18.4 Å². The number of carbonyl (C=O) groups is 2. The van der Waals surface area contributed by atoms with Crippen molar-refractivity contribution in [1.29, 1.82) is 0 Å². The van der Waals surface area contributed by atoms with Gasteiger partial charge >= 0.3 is 5.97 Å². The minimum Gasteiger partial charge on any atom is -0.478 e. The van der Waals surface area contributed by atoms with Gasteiger partial charge in [-0.1, -0.05) is 68.8 Å². The van der Waals surface area contributed by atoms with Crippen LogP contribution >= 0.6 is 0 Å². The van der Waals surface area contributed by atoms with Crippen molar-refractivity contribution >= 4 is 11.8 Å². The summed E-state index contributed by atoms with van der Waals surface area (Å²) in [4.78, 5) is 26.2. The largest absolute Gasteiger partial charge is 0.478 e. The van der Waals surface area contributed by atoms with E-state index < -0.39 is 11.7 Å². The van der Waals surface area contributed by atoms with Gasteiger partial charge in [-0.2, -0.15) is 0 Å². The van der Waals surface area contributed by atoms with Crippen LogP contribution in [0.25, 0.3) is 0 Å². The van der Waals surface area contributed by atoms with Crippen molar-refractivity contribution in [3.63, 3.8) is 0 Å². The number of hydrogen-bond donors (Lipinski definition) is 2. The van der Waals surface area contributed by atoms with Crippen LogP contribution in [0, 0.1) is 0 Å². The van der Waals surface area contributed by atoms with Gasteiger partial charge in [-0.25, -0.2) is 4.79 Å². The van der Waals surface area contributed by atoms with Crippen LogP contribution in [0.4, 0.5) is 0 Å². The van der Waals surface area contributed by atoms with Gasteiger partial charge in [0.05, 0.1) is 5.56 Å². The van der Waals surface area contributed by atoms with Gasteiger partial charge in [0.15, 0.2) is 5.72 Å². The minimum atomic E-state index is -1.52. The van der Waals surface area contributed by atoms with Crippen molar-refractivity contribution in [3.8, 4) is 0 Å². The lowest BCUT2D eigenvalue weighted by Gasteiger charge is -2.37. The summed E-state index contributed by atoms with van der Waals surface area (Å²) in [7, 11) is 0. The number of hydrogen-bond acceptors (Lipinski definition) is 4. The summed E-state index contributed by atoms with van der Waals surface area (Å²) < 4.78 is 0. The van der Waals surface area contributed by atoms with E-state index in [1.807, 2.05) is 36.9 Å². The number of benzene rings is 2. The number of aryl methyl sites for hydroxylation is 1. The topological polar surface area (TPSA) is 77.8 Å². The number of aromatic carboxylic acids is 1. The summed E-state index contributed by atoms with van der Waals surface area (Å²) in [6, 6.07) is 16.0. The van der Waals surface area contributed by atoms with Crippen LogP contribution in [0.5, 0.6) is 0 Å². The summed E-state index contributed by atoms with van der Waals surface area (Å²) >= 11 is 0. The number of nitrogens with zero attached hydrogens (tertiary/aromatic N) is 1. The van der Waals surface area contributed by atoms with Gasteiger partial charge < -0.3 is 10.2 Å². The highest BCUT2D eigenvalue weighted by molar-refractivity contribution is 6.02. The van der Waals surface area contributed by atoms with Crippen LogP contribution in [0.15, 0.2) is 54.6 Å². The van der Waals surface area contributed by atoms with Gasteiger partial charge in [-0.3, -0.25) is 9.69 Å². The summed E-state index contributed by atoms with van der Waals surface area (Å²) in [5, 5.41) is 20.6. The second-order valence-electron chi connectivity index (χ2n) is 7.21. The summed E-state index contributed by atoms with van der Waals surface area (Å²) in [5.41, 5.74) is 0.146. The molecule has 0 spiro atoms. The number of carboxylic acid groups (broad SMARTS) is 1. The monoisotopic (exact) mass is 397 g/mol. The molecule has 0 fully saturated rings. The Labute approximate surface area is 173 Å². The van der Waals surface area contributed by atoms with Gasteiger partial charge in [0.2, 0.25) is 5.78 Å². The van der Waals surface area contributed by atoms with Crippen molar-refractivity contribution in [3.05, 3.63) is 71.3 Å². The van der Waals surface area contributed by atoms with Crippen LogP contribution in [0.2, 0.25) is 0 Å². The first-order valence-corrected chi connectivity index (χ1v) is 10.3. The lowest BCUT2D eigenvalue weighted by atomic mass is 9.92. The highest BCUT2D eigenvalue weighted by Crippen LogP contribution is 2.25. The summed E-state index contributed by atoms with van der Waals surface area (Å²) in [6.07, 6.45) is 3.31. The molecule has 1 unspecified atom stereocenters. The first-order valence-electron chi connectivity index (χ1n) is 10.3. The molecular formula is C24H31NO4. The van der Waals surface area contributed by atoms with Crippen LogP contribution in [0.3, 0.4) is 0 Å². The van der Waals surface area contributed by atoms with Crippen molar-refractivity contribution in [2.45, 2.75) is 51.7 Å². The average Bonchev–Trinajstić information content (AvgIpc) is 2.74. The van der Waals surface area contributed by atoms with E-state index in [0.29, 0.717) is 43.5 Å². The lowest BCUT2D eigenvalue weighted by Crippen LogP contribution is -2.54. The van der Waals surface area contributed by atoms with E-state index in [1.165, 1.54) is 0 Å². The lowest BCUT2D eigenvalue weighted by molar-refractivity contribution is -0.0788. The fraction of sp³-hybridized carbons (Fsp3) is 0.417. The highest BCUT2D eigenvalue weighted by atomic mass is 16.4. The van der Waals surface area contributed by atoms with E-state index in [1.54, 1.807) is 36.4 Å². The average molecular weight is 398 g/mol. The first-order chi connectivity index (χ1) is 13.9. The number of ketones is 1. The molecule has 5 heteroatoms.